The second-order valence-corrected chi connectivity index (χ2v) is 5.20. The number of ketones is 1. The van der Waals surface area contributed by atoms with Gasteiger partial charge in [0.1, 0.15) is 10.8 Å². The van der Waals surface area contributed by atoms with Crippen molar-refractivity contribution >= 4 is 27.3 Å². The Morgan fingerprint density at radius 2 is 2.11 bits per heavy atom. The van der Waals surface area contributed by atoms with Gasteiger partial charge in [0.25, 0.3) is 0 Å². The fourth-order valence-corrected chi connectivity index (χ4v) is 2.77. The number of aryl methyl sites for hydroxylation is 1. The van der Waals surface area contributed by atoms with Gasteiger partial charge in [0.05, 0.1) is 16.6 Å². The molecule has 3 rings (SSSR count). The summed E-state index contributed by atoms with van der Waals surface area (Å²) in [5, 5.41) is 0.829. The zero-order chi connectivity index (χ0) is 12.5. The summed E-state index contributed by atoms with van der Waals surface area (Å²) < 4.78 is 6.43. The van der Waals surface area contributed by atoms with Gasteiger partial charge in [-0.05, 0) is 31.2 Å². The van der Waals surface area contributed by atoms with Crippen LogP contribution in [0.2, 0.25) is 0 Å². The zero-order valence-electron chi connectivity index (χ0n) is 9.84. The van der Waals surface area contributed by atoms with E-state index in [0.29, 0.717) is 12.2 Å². The number of Topliss-reactive ketones (excluding diaryl/α,β-unsaturated/α-hetero) is 1. The minimum absolute atomic E-state index is 0.0258. The molecule has 4 heteroatoms. The van der Waals surface area contributed by atoms with Gasteiger partial charge in [-0.1, -0.05) is 12.1 Å². The topological polar surface area (TPSA) is 43.1 Å². The fourth-order valence-electron chi connectivity index (χ4n) is 1.80. The highest BCUT2D eigenvalue weighted by atomic mass is 32.1. The standard InChI is InChI=1S/C14H11NO2S/c1-9-6-7-12(17-9)11(16)8-14-15-10-4-2-3-5-13(10)18-14/h2-7H,8H2,1H3. The van der Waals surface area contributed by atoms with Gasteiger partial charge in [-0.15, -0.1) is 11.3 Å². The summed E-state index contributed by atoms with van der Waals surface area (Å²) in [7, 11) is 0. The predicted octanol–water partition coefficient (Wildman–Crippen LogP) is 3.62. The van der Waals surface area contributed by atoms with E-state index in [9.17, 15) is 4.79 Å². The van der Waals surface area contributed by atoms with Crippen molar-refractivity contribution in [3.63, 3.8) is 0 Å². The Kier molecular flexibility index (Phi) is 2.72. The molecular weight excluding hydrogens is 246 g/mol. The molecule has 0 spiro atoms. The lowest BCUT2D eigenvalue weighted by atomic mass is 10.2. The average Bonchev–Trinajstić information content (AvgIpc) is 2.94. The molecule has 0 N–H and O–H groups in total. The summed E-state index contributed by atoms with van der Waals surface area (Å²) in [6, 6.07) is 11.4. The smallest absolute Gasteiger partial charge is 0.204 e. The first-order valence-electron chi connectivity index (χ1n) is 5.66. The third kappa shape index (κ3) is 2.07. The normalized spacial score (nSPS) is 10.9. The van der Waals surface area contributed by atoms with Crippen molar-refractivity contribution in [1.82, 2.24) is 4.98 Å². The Morgan fingerprint density at radius 3 is 2.83 bits per heavy atom. The molecule has 0 unspecified atom stereocenters. The molecule has 3 nitrogen and oxygen atoms in total. The predicted molar refractivity (Wildman–Crippen MR) is 71.1 cm³/mol. The first kappa shape index (κ1) is 11.2. The molecule has 2 aromatic heterocycles. The van der Waals surface area contributed by atoms with E-state index in [1.54, 1.807) is 23.5 Å². The van der Waals surface area contributed by atoms with Gasteiger partial charge in [-0.3, -0.25) is 4.79 Å². The highest BCUT2D eigenvalue weighted by Crippen LogP contribution is 2.22. The SMILES string of the molecule is Cc1ccc(C(=O)Cc2nc3ccccc3s2)o1. The van der Waals surface area contributed by atoms with E-state index in [-0.39, 0.29) is 5.78 Å². The first-order chi connectivity index (χ1) is 8.72. The summed E-state index contributed by atoms with van der Waals surface area (Å²) in [6.45, 7) is 1.83. The van der Waals surface area contributed by atoms with Crippen LogP contribution in [0.5, 0.6) is 0 Å². The van der Waals surface area contributed by atoms with E-state index in [2.05, 4.69) is 4.98 Å². The number of para-hydroxylation sites is 1. The number of furan rings is 1. The summed E-state index contributed by atoms with van der Waals surface area (Å²) in [5.74, 6) is 1.14. The van der Waals surface area contributed by atoms with Crippen molar-refractivity contribution in [3.8, 4) is 0 Å². The molecule has 90 valence electrons. The Labute approximate surface area is 108 Å². The molecule has 0 bridgehead atoms. The van der Waals surface area contributed by atoms with E-state index in [1.165, 1.54) is 0 Å². The number of hydrogen-bond donors (Lipinski definition) is 0. The number of fused-ring (bicyclic) bond motifs is 1. The van der Waals surface area contributed by atoms with Crippen LogP contribution >= 0.6 is 11.3 Å². The number of carbonyl (C=O) groups excluding carboxylic acids is 1. The molecule has 0 radical (unpaired) electrons. The van der Waals surface area contributed by atoms with Gasteiger partial charge in [-0.25, -0.2) is 4.98 Å². The van der Waals surface area contributed by atoms with Gasteiger partial charge >= 0.3 is 0 Å². The van der Waals surface area contributed by atoms with Gasteiger partial charge in [0.2, 0.25) is 5.78 Å². The molecule has 0 saturated heterocycles. The maximum absolute atomic E-state index is 12.0. The maximum Gasteiger partial charge on any atom is 0.204 e. The highest BCUT2D eigenvalue weighted by molar-refractivity contribution is 7.18. The van der Waals surface area contributed by atoms with Crippen molar-refractivity contribution in [1.29, 1.82) is 0 Å². The molecule has 0 amide bonds. The van der Waals surface area contributed by atoms with Crippen LogP contribution in [-0.4, -0.2) is 10.8 Å². The summed E-state index contributed by atoms with van der Waals surface area (Å²) in [4.78, 5) is 16.4. The van der Waals surface area contributed by atoms with Crippen LogP contribution in [-0.2, 0) is 6.42 Å². The zero-order valence-corrected chi connectivity index (χ0v) is 10.7. The Bertz CT molecular complexity index is 678. The van der Waals surface area contributed by atoms with Gasteiger partial charge < -0.3 is 4.42 Å². The Balaban J connectivity index is 1.86. The van der Waals surface area contributed by atoms with Crippen molar-refractivity contribution in [2.45, 2.75) is 13.3 Å². The number of carbonyl (C=O) groups is 1. The van der Waals surface area contributed by atoms with E-state index in [1.807, 2.05) is 31.2 Å². The Hall–Kier alpha value is -1.94. The number of aromatic nitrogens is 1. The summed E-state index contributed by atoms with van der Waals surface area (Å²) in [5.41, 5.74) is 0.945. The number of benzene rings is 1. The molecular formula is C14H11NO2S. The van der Waals surface area contributed by atoms with Crippen molar-refractivity contribution < 1.29 is 9.21 Å². The largest absolute Gasteiger partial charge is 0.458 e. The van der Waals surface area contributed by atoms with E-state index >= 15 is 0 Å². The van der Waals surface area contributed by atoms with Gasteiger partial charge in [0, 0.05) is 0 Å². The van der Waals surface area contributed by atoms with Crippen molar-refractivity contribution in [3.05, 3.63) is 52.9 Å². The molecule has 0 saturated carbocycles. The number of nitrogens with zero attached hydrogens (tertiary/aromatic N) is 1. The van der Waals surface area contributed by atoms with Crippen LogP contribution in [0, 0.1) is 6.92 Å². The highest BCUT2D eigenvalue weighted by Gasteiger charge is 2.13. The average molecular weight is 257 g/mol. The molecule has 3 aromatic rings. The van der Waals surface area contributed by atoms with Crippen LogP contribution in [0.3, 0.4) is 0 Å². The molecule has 2 heterocycles. The summed E-state index contributed by atoms with van der Waals surface area (Å²) >= 11 is 1.55. The van der Waals surface area contributed by atoms with Crippen molar-refractivity contribution in [2.24, 2.45) is 0 Å². The van der Waals surface area contributed by atoms with E-state index in [0.717, 1.165) is 21.0 Å². The third-order valence-corrected chi connectivity index (χ3v) is 3.70. The monoisotopic (exact) mass is 257 g/mol. The lowest BCUT2D eigenvalue weighted by molar-refractivity contribution is 0.0965. The van der Waals surface area contributed by atoms with Crippen LogP contribution in [0.15, 0.2) is 40.8 Å². The first-order valence-corrected chi connectivity index (χ1v) is 6.48. The van der Waals surface area contributed by atoms with Crippen LogP contribution in [0.25, 0.3) is 10.2 Å². The minimum atomic E-state index is -0.0258. The molecule has 0 atom stereocenters. The molecule has 0 fully saturated rings. The number of thiazole rings is 1. The summed E-state index contributed by atoms with van der Waals surface area (Å²) in [6.07, 6.45) is 0.298. The van der Waals surface area contributed by atoms with E-state index in [4.69, 9.17) is 4.42 Å². The second-order valence-electron chi connectivity index (χ2n) is 4.09. The lowest BCUT2D eigenvalue weighted by Gasteiger charge is -1.92. The molecule has 0 aliphatic rings. The van der Waals surface area contributed by atoms with Crippen LogP contribution in [0.4, 0.5) is 0 Å². The minimum Gasteiger partial charge on any atom is -0.458 e. The van der Waals surface area contributed by atoms with Crippen molar-refractivity contribution in [2.75, 3.05) is 0 Å². The van der Waals surface area contributed by atoms with Crippen LogP contribution in [0.1, 0.15) is 21.3 Å². The Morgan fingerprint density at radius 1 is 1.28 bits per heavy atom. The maximum atomic E-state index is 12.0. The number of hydrogen-bond acceptors (Lipinski definition) is 4. The molecule has 0 aliphatic heterocycles. The lowest BCUT2D eigenvalue weighted by Crippen LogP contribution is -2.01. The van der Waals surface area contributed by atoms with E-state index < -0.39 is 0 Å². The van der Waals surface area contributed by atoms with Gasteiger partial charge in [0.15, 0.2) is 5.76 Å². The molecule has 1 aromatic carbocycles. The third-order valence-electron chi connectivity index (χ3n) is 2.67. The number of rotatable bonds is 3. The quantitative estimate of drug-likeness (QED) is 0.673. The van der Waals surface area contributed by atoms with Gasteiger partial charge in [-0.2, -0.15) is 0 Å². The molecule has 18 heavy (non-hydrogen) atoms. The second kappa shape index (κ2) is 4.38. The molecule has 0 aliphatic carbocycles. The van der Waals surface area contributed by atoms with Crippen LogP contribution < -0.4 is 0 Å². The fraction of sp³-hybridized carbons (Fsp3) is 0.143.